The fourth-order valence-corrected chi connectivity index (χ4v) is 8.42. The first-order valence-electron chi connectivity index (χ1n) is 28.1. The summed E-state index contributed by atoms with van der Waals surface area (Å²) in [6.45, 7) is 5.62. The van der Waals surface area contributed by atoms with E-state index in [0.717, 1.165) is 96.3 Å². The number of hydrogen-bond donors (Lipinski definition) is 6. The van der Waals surface area contributed by atoms with Crippen molar-refractivity contribution < 1.29 is 49.3 Å². The molecule has 1 fully saturated rings. The largest absolute Gasteiger partial charge is 0.454 e. The Bertz CT molecular complexity index is 1350. The van der Waals surface area contributed by atoms with Crippen LogP contribution in [0.1, 0.15) is 233 Å². The molecule has 1 aliphatic heterocycles. The van der Waals surface area contributed by atoms with Crippen LogP contribution >= 0.6 is 0 Å². The maximum Gasteiger partial charge on any atom is 0.306 e. The molecule has 0 aromatic rings. The van der Waals surface area contributed by atoms with Gasteiger partial charge >= 0.3 is 5.97 Å². The van der Waals surface area contributed by atoms with E-state index in [-0.39, 0.29) is 19.4 Å². The van der Waals surface area contributed by atoms with Crippen LogP contribution in [0, 0.1) is 0 Å². The second-order valence-corrected chi connectivity index (χ2v) is 19.3. The van der Waals surface area contributed by atoms with Gasteiger partial charge < -0.3 is 45.1 Å². The van der Waals surface area contributed by atoms with Gasteiger partial charge in [-0.2, -0.15) is 0 Å². The minimum absolute atomic E-state index is 0.0958. The molecule has 0 bridgehead atoms. The Hall–Kier alpha value is -2.64. The molecule has 1 amide bonds. The number of unbranched alkanes of at least 4 members (excludes halogenated alkanes) is 24. The van der Waals surface area contributed by atoms with E-state index in [1.54, 1.807) is 6.08 Å². The Morgan fingerprint density at radius 3 is 1.59 bits per heavy atom. The van der Waals surface area contributed by atoms with Crippen LogP contribution in [0.25, 0.3) is 0 Å². The molecule has 69 heavy (non-hydrogen) atoms. The maximum atomic E-state index is 13.4. The third-order valence-electron chi connectivity index (χ3n) is 12.9. The SMILES string of the molecule is CC/C=C/C/C=C/C/C=C/CCCCCCC(=O)OC1C(OCC(NC(=O)C(O)CCCCCCCC/C=C\CCCCCC)C(O)/C=C/CCCCCCCCCCCC)OC(CO)C(O)C1O. The lowest BCUT2D eigenvalue weighted by atomic mass is 9.99. The second-order valence-electron chi connectivity index (χ2n) is 19.3. The van der Waals surface area contributed by atoms with Crippen LogP contribution in [0.15, 0.2) is 60.8 Å². The number of nitrogens with one attached hydrogen (secondary N) is 1. The van der Waals surface area contributed by atoms with Crippen molar-refractivity contribution in [1.82, 2.24) is 5.32 Å². The second kappa shape index (κ2) is 46.4. The van der Waals surface area contributed by atoms with Crippen molar-refractivity contribution in [3.05, 3.63) is 60.8 Å². The number of allylic oxidation sites excluding steroid dienone is 9. The number of aliphatic hydroxyl groups excluding tert-OH is 5. The maximum absolute atomic E-state index is 13.4. The fraction of sp³-hybridized carbons (Fsp3) is 0.793. The van der Waals surface area contributed by atoms with Crippen molar-refractivity contribution in [2.24, 2.45) is 0 Å². The Balaban J connectivity index is 2.77. The Kier molecular flexibility index (Phi) is 43.3. The summed E-state index contributed by atoms with van der Waals surface area (Å²) in [4.78, 5) is 26.4. The van der Waals surface area contributed by atoms with Crippen molar-refractivity contribution in [3.63, 3.8) is 0 Å². The first-order valence-corrected chi connectivity index (χ1v) is 28.1. The van der Waals surface area contributed by atoms with Gasteiger partial charge in [-0.15, -0.1) is 0 Å². The topological polar surface area (TPSA) is 175 Å². The minimum Gasteiger partial charge on any atom is -0.454 e. The standard InChI is InChI=1S/C58H103NO10/c1-4-7-10-13-16-19-22-25-27-30-33-36-39-42-45-51(62)57(66)59-49(50(61)44-41-38-35-32-29-24-21-18-15-12-9-6-3)48-67-58-56(55(65)54(64)52(47-60)68-58)69-53(63)46-43-40-37-34-31-28-26-23-20-17-14-11-8-5-2/h8,11,17,19-20,22,26,28,41,44,49-52,54-56,58,60-62,64-65H,4-7,9-10,12-16,18,21,23-25,27,29-40,42-43,45-48H2,1-3H3,(H,59,66)/b11-8+,20-17+,22-19-,28-26+,44-41+. The lowest BCUT2D eigenvalue weighted by molar-refractivity contribution is -0.305. The van der Waals surface area contributed by atoms with Gasteiger partial charge in [-0.05, 0) is 83.5 Å². The van der Waals surface area contributed by atoms with Crippen molar-refractivity contribution in [2.45, 2.75) is 282 Å². The molecule has 11 heteroatoms. The van der Waals surface area contributed by atoms with E-state index in [2.05, 4.69) is 74.7 Å². The molecule has 0 aromatic carbocycles. The highest BCUT2D eigenvalue weighted by Gasteiger charge is 2.47. The smallest absolute Gasteiger partial charge is 0.306 e. The van der Waals surface area contributed by atoms with Crippen LogP contribution in [0.3, 0.4) is 0 Å². The minimum atomic E-state index is -1.62. The third-order valence-corrected chi connectivity index (χ3v) is 12.9. The molecule has 0 aromatic heterocycles. The van der Waals surface area contributed by atoms with Crippen molar-refractivity contribution in [3.8, 4) is 0 Å². The molecule has 6 N–H and O–H groups in total. The van der Waals surface area contributed by atoms with Crippen LogP contribution < -0.4 is 5.32 Å². The molecule has 11 nitrogen and oxygen atoms in total. The lowest BCUT2D eigenvalue weighted by Crippen LogP contribution is -2.61. The first-order chi connectivity index (χ1) is 33.7. The first kappa shape index (κ1) is 64.4. The van der Waals surface area contributed by atoms with Gasteiger partial charge in [0.05, 0.1) is 25.4 Å². The molecule has 8 unspecified atom stereocenters. The molecule has 0 saturated carbocycles. The number of carbonyl (C=O) groups is 2. The van der Waals surface area contributed by atoms with Crippen LogP contribution in [0.5, 0.6) is 0 Å². The van der Waals surface area contributed by atoms with Gasteiger partial charge in [-0.1, -0.05) is 204 Å². The molecule has 0 spiro atoms. The van der Waals surface area contributed by atoms with E-state index in [1.165, 1.54) is 89.9 Å². The van der Waals surface area contributed by atoms with Gasteiger partial charge in [-0.3, -0.25) is 9.59 Å². The summed E-state index contributed by atoms with van der Waals surface area (Å²) in [6.07, 6.45) is 45.5. The van der Waals surface area contributed by atoms with Crippen molar-refractivity contribution in [1.29, 1.82) is 0 Å². The fourth-order valence-electron chi connectivity index (χ4n) is 8.42. The van der Waals surface area contributed by atoms with Crippen molar-refractivity contribution >= 4 is 11.9 Å². The molecule has 1 saturated heterocycles. The summed E-state index contributed by atoms with van der Waals surface area (Å²) in [5.74, 6) is -1.22. The molecule has 1 aliphatic rings. The zero-order valence-electron chi connectivity index (χ0n) is 43.9. The normalized spacial score (nSPS) is 20.3. The number of carbonyl (C=O) groups excluding carboxylic acids is 2. The third kappa shape index (κ3) is 35.2. The molecule has 400 valence electrons. The number of ether oxygens (including phenoxy) is 3. The summed E-state index contributed by atoms with van der Waals surface area (Å²) >= 11 is 0. The highest BCUT2D eigenvalue weighted by Crippen LogP contribution is 2.26. The molecule has 1 heterocycles. The Morgan fingerprint density at radius 1 is 0.580 bits per heavy atom. The summed E-state index contributed by atoms with van der Waals surface area (Å²) in [6, 6.07) is -1.03. The monoisotopic (exact) mass is 974 g/mol. The van der Waals surface area contributed by atoms with E-state index < -0.39 is 67.4 Å². The molecule has 0 radical (unpaired) electrons. The molecule has 1 rings (SSSR count). The summed E-state index contributed by atoms with van der Waals surface area (Å²) in [7, 11) is 0. The summed E-state index contributed by atoms with van der Waals surface area (Å²) < 4.78 is 17.5. The van der Waals surface area contributed by atoms with Crippen LogP contribution in [-0.2, 0) is 23.8 Å². The van der Waals surface area contributed by atoms with Gasteiger partial charge in [0.25, 0.3) is 0 Å². The summed E-state index contributed by atoms with van der Waals surface area (Å²) in [5.41, 5.74) is 0. The lowest BCUT2D eigenvalue weighted by Gasteiger charge is -2.41. The van der Waals surface area contributed by atoms with Gasteiger partial charge in [0, 0.05) is 6.42 Å². The van der Waals surface area contributed by atoms with E-state index in [9.17, 15) is 35.1 Å². The number of hydrogen-bond acceptors (Lipinski definition) is 10. The van der Waals surface area contributed by atoms with E-state index >= 15 is 0 Å². The van der Waals surface area contributed by atoms with Gasteiger partial charge in [0.15, 0.2) is 12.4 Å². The van der Waals surface area contributed by atoms with Crippen LogP contribution in [-0.4, -0.2) is 99.6 Å². The predicted octanol–water partition coefficient (Wildman–Crippen LogP) is 12.3. The average molecular weight is 974 g/mol. The van der Waals surface area contributed by atoms with E-state index in [4.69, 9.17) is 14.2 Å². The summed E-state index contributed by atoms with van der Waals surface area (Å²) in [5, 5.41) is 56.7. The number of amides is 1. The van der Waals surface area contributed by atoms with Crippen LogP contribution in [0.4, 0.5) is 0 Å². The number of esters is 1. The quantitative estimate of drug-likeness (QED) is 0.0196. The Labute approximate surface area is 420 Å². The zero-order valence-corrected chi connectivity index (χ0v) is 43.9. The van der Waals surface area contributed by atoms with Gasteiger partial charge in [0.2, 0.25) is 5.91 Å². The number of rotatable bonds is 46. The Morgan fingerprint density at radius 2 is 1.04 bits per heavy atom. The van der Waals surface area contributed by atoms with Crippen LogP contribution in [0.2, 0.25) is 0 Å². The van der Waals surface area contributed by atoms with Gasteiger partial charge in [-0.25, -0.2) is 0 Å². The molecular formula is C58H103NO10. The van der Waals surface area contributed by atoms with E-state index in [1.807, 2.05) is 6.08 Å². The molecule has 8 atom stereocenters. The zero-order chi connectivity index (χ0) is 50.4. The molecular weight excluding hydrogens is 871 g/mol. The molecule has 0 aliphatic carbocycles. The highest BCUT2D eigenvalue weighted by molar-refractivity contribution is 5.80. The van der Waals surface area contributed by atoms with E-state index in [0.29, 0.717) is 12.8 Å². The predicted molar refractivity (Wildman–Crippen MR) is 283 cm³/mol. The van der Waals surface area contributed by atoms with Gasteiger partial charge in [0.1, 0.15) is 24.4 Å². The average Bonchev–Trinajstić information content (AvgIpc) is 3.34. The highest BCUT2D eigenvalue weighted by atomic mass is 16.7. The van der Waals surface area contributed by atoms with Crippen molar-refractivity contribution in [2.75, 3.05) is 13.2 Å². The number of aliphatic hydroxyl groups is 5.